The summed E-state index contributed by atoms with van der Waals surface area (Å²) in [6, 6.07) is 0.901. The summed E-state index contributed by atoms with van der Waals surface area (Å²) in [5, 5.41) is 48.5. The molecule has 2 unspecified atom stereocenters. The molecule has 3 heterocycles. The van der Waals surface area contributed by atoms with Crippen molar-refractivity contribution in [2.45, 2.75) is 60.3 Å². The Morgan fingerprint density at radius 1 is 1.16 bits per heavy atom. The third kappa shape index (κ3) is 6.88. The van der Waals surface area contributed by atoms with Crippen molar-refractivity contribution in [2.75, 3.05) is 13.2 Å². The number of aromatic amines is 1. The molecule has 11 N–H and O–H groups in total. The van der Waals surface area contributed by atoms with E-state index in [1.807, 2.05) is 9.90 Å². The van der Waals surface area contributed by atoms with E-state index >= 15 is 0 Å². The minimum Gasteiger partial charge on any atom is -0.394 e. The van der Waals surface area contributed by atoms with Crippen LogP contribution in [0.15, 0.2) is 27.1 Å². The van der Waals surface area contributed by atoms with Gasteiger partial charge in [-0.25, -0.2) is 15.1 Å². The van der Waals surface area contributed by atoms with E-state index < -0.39 is 106 Å². The number of aliphatic hydroxyl groups is 5. The fourth-order valence-corrected chi connectivity index (χ4v) is 6.35. The molecule has 2 saturated heterocycles. The van der Waals surface area contributed by atoms with Crippen LogP contribution in [0.2, 0.25) is 0 Å². The Kier molecular flexibility index (Phi) is 10.8. The molecule has 1 amide bonds. The van der Waals surface area contributed by atoms with Crippen molar-refractivity contribution in [1.29, 1.82) is 0 Å². The molecule has 2 aliphatic rings. The maximum absolute atomic E-state index is 12.8. The summed E-state index contributed by atoms with van der Waals surface area (Å²) < 4.78 is 40.8. The third-order valence-electron chi connectivity index (χ3n) is 6.26. The first-order valence-electron chi connectivity index (χ1n) is 11.8. The van der Waals surface area contributed by atoms with Crippen molar-refractivity contribution in [3.63, 3.8) is 0 Å². The number of hydrogen-bond acceptors (Lipinski definition) is 16. The molecule has 1 aromatic heterocycles. The molecule has 0 aliphatic carbocycles. The Bertz CT molecular complexity index is 1450. The van der Waals surface area contributed by atoms with Gasteiger partial charge in [-0.05, 0) is 5.53 Å². The van der Waals surface area contributed by atoms with Crippen LogP contribution in [0.4, 0.5) is 0 Å². The van der Waals surface area contributed by atoms with E-state index in [0.717, 1.165) is 12.3 Å². The van der Waals surface area contributed by atoms with E-state index in [9.17, 15) is 68.6 Å². The lowest BCUT2D eigenvalue weighted by Gasteiger charge is -2.44. The molecule has 8 atom stereocenters. The van der Waals surface area contributed by atoms with E-state index in [1.165, 1.54) is 5.48 Å². The zero-order valence-corrected chi connectivity index (χ0v) is 23.4. The van der Waals surface area contributed by atoms with Crippen LogP contribution in [-0.4, -0.2) is 121 Å². The second-order valence-corrected chi connectivity index (χ2v) is 12.9. The van der Waals surface area contributed by atoms with Crippen LogP contribution >= 0.6 is 15.2 Å². The fraction of sp³-hybridized carbons (Fsp3) is 0.706. The molecule has 44 heavy (non-hydrogen) atoms. The topological polar surface area (TPSA) is 395 Å². The molecule has 2 fully saturated rings. The molecule has 248 valence electrons. The molecule has 0 bridgehead atoms. The van der Waals surface area contributed by atoms with Crippen LogP contribution in [-0.2, 0) is 37.8 Å². The number of hydroxylamine groups is 1. The predicted molar refractivity (Wildman–Crippen MR) is 131 cm³/mol. The number of azide groups is 1. The molecule has 0 radical (unpaired) electrons. The van der Waals surface area contributed by atoms with Crippen molar-refractivity contribution in [3.8, 4) is 0 Å². The molecular weight excluding hydrogens is 654 g/mol. The van der Waals surface area contributed by atoms with Gasteiger partial charge in [-0.1, -0.05) is 0 Å². The number of aromatic nitrogens is 2. The van der Waals surface area contributed by atoms with Crippen molar-refractivity contribution in [1.82, 2.24) is 15.0 Å². The van der Waals surface area contributed by atoms with Gasteiger partial charge in [0.1, 0.15) is 35.8 Å². The third-order valence-corrected chi connectivity index (χ3v) is 9.98. The van der Waals surface area contributed by atoms with Gasteiger partial charge in [0.05, 0.1) is 25.7 Å². The van der Waals surface area contributed by atoms with E-state index in [4.69, 9.17) is 24.6 Å². The Hall–Kier alpha value is -2.80. The van der Waals surface area contributed by atoms with Crippen molar-refractivity contribution in [3.05, 3.63) is 43.5 Å². The number of amides is 1. The van der Waals surface area contributed by atoms with Gasteiger partial charge < -0.3 is 64.2 Å². The van der Waals surface area contributed by atoms with Gasteiger partial charge in [-0.2, -0.15) is 0 Å². The lowest BCUT2D eigenvalue weighted by molar-refractivity contribution is -0.445. The van der Waals surface area contributed by atoms with Crippen LogP contribution in [0.5, 0.6) is 0 Å². The van der Waals surface area contributed by atoms with E-state index in [1.54, 1.807) is 0 Å². The minimum atomic E-state index is -6.42. The van der Waals surface area contributed by atoms with Crippen LogP contribution in [0, 0.1) is 0 Å². The Morgan fingerprint density at radius 2 is 1.80 bits per heavy atom. The summed E-state index contributed by atoms with van der Waals surface area (Å²) in [6.07, 6.45) is -12.5. The molecule has 1 aromatic rings. The zero-order chi connectivity index (χ0) is 33.3. The monoisotopic (exact) mass is 680 g/mol. The van der Waals surface area contributed by atoms with Gasteiger partial charge in [0.15, 0.2) is 6.23 Å². The van der Waals surface area contributed by atoms with Crippen molar-refractivity contribution < 1.29 is 82.9 Å². The van der Waals surface area contributed by atoms with E-state index in [2.05, 4.69) is 10.1 Å². The van der Waals surface area contributed by atoms with Gasteiger partial charge in [0.2, 0.25) is 0 Å². The van der Waals surface area contributed by atoms with Crippen LogP contribution in [0.1, 0.15) is 12.6 Å². The van der Waals surface area contributed by atoms with Gasteiger partial charge >= 0.3 is 37.8 Å². The molecule has 0 aromatic carbocycles. The Balaban J connectivity index is 1.92. The average Bonchev–Trinajstić information content (AvgIpc) is 3.20. The molecular formula is C17H26N6O19P2. The predicted octanol–water partition coefficient (Wildman–Crippen LogP) is -5.37. The molecule has 3 rings (SSSR count). The highest BCUT2D eigenvalue weighted by Crippen LogP contribution is 2.69. The number of carbonyl (C=O) groups is 1. The van der Waals surface area contributed by atoms with Crippen molar-refractivity contribution >= 4 is 21.1 Å². The smallest absolute Gasteiger partial charge is 0.394 e. The summed E-state index contributed by atoms with van der Waals surface area (Å²) in [4.78, 5) is 87.2. The number of rotatable bonds is 12. The first-order chi connectivity index (χ1) is 20.3. The lowest BCUT2D eigenvalue weighted by atomic mass is 10.0. The second kappa shape index (κ2) is 13.3. The standard InChI is InChI=1S/C17H26N6O19P2/c18-21-22-42-17(43(32,33)34,44(35,36)37)14(30)20-41-16(3-6(25)10(27)7(4-24)40-16)38-5-8-11(28)12(29)13(39-8)23-2-1-9(26)19-15(23)31/h1-2,6-8,10-13,24-25,27-29H,3-5H2,(H,20,30)(H,19,26,31)(H2,32,33,34)(H2,35,36,37)/t6-,7-,8+,10+,11?,12?,13+,16-/m1/s1. The highest BCUT2D eigenvalue weighted by atomic mass is 31.2. The van der Waals surface area contributed by atoms with E-state index in [-0.39, 0.29) is 0 Å². The average molecular weight is 680 g/mol. The number of hydrogen-bond donors (Lipinski definition) is 11. The highest BCUT2D eigenvalue weighted by molar-refractivity contribution is 7.73. The van der Waals surface area contributed by atoms with Gasteiger partial charge in [-0.15, -0.1) is 0 Å². The number of aliphatic hydroxyl groups excluding tert-OH is 5. The van der Waals surface area contributed by atoms with Gasteiger partial charge in [0.25, 0.3) is 5.56 Å². The van der Waals surface area contributed by atoms with E-state index in [0.29, 0.717) is 4.57 Å². The maximum Gasteiger partial charge on any atom is 0.394 e. The summed E-state index contributed by atoms with van der Waals surface area (Å²) in [7, 11) is -12.8. The number of H-pyrrole nitrogens is 1. The maximum atomic E-state index is 12.8. The largest absolute Gasteiger partial charge is 0.394 e. The molecule has 0 spiro atoms. The van der Waals surface area contributed by atoms with Crippen LogP contribution in [0.3, 0.4) is 0 Å². The highest BCUT2D eigenvalue weighted by Gasteiger charge is 2.70. The van der Waals surface area contributed by atoms with Crippen LogP contribution in [0.25, 0.3) is 10.4 Å². The molecule has 25 nitrogen and oxygen atoms in total. The second-order valence-electron chi connectivity index (χ2n) is 9.15. The number of carbonyl (C=O) groups excluding carboxylic acids is 1. The summed E-state index contributed by atoms with van der Waals surface area (Å²) in [5.74, 6) is -5.42. The quantitative estimate of drug-likeness (QED) is 0.0245. The SMILES string of the molecule is [N-]=[N+]=NOC(C(=O)NO[C@@]1(OC[C@@H]2O[C@H](n3ccc(=O)[nH]c3=O)C(O)C2O)C[C@@H](O)[C@H](O)[C@@H](CO)O1)(P(=O)(O)O)P(=O)(O)O. The van der Waals surface area contributed by atoms with Crippen LogP contribution < -0.4 is 16.7 Å². The summed E-state index contributed by atoms with van der Waals surface area (Å²) in [6.45, 7) is -2.02. The van der Waals surface area contributed by atoms with Gasteiger partial charge in [0, 0.05) is 17.2 Å². The lowest BCUT2D eigenvalue weighted by Crippen LogP contribution is -2.61. The number of nitrogens with zero attached hydrogens (tertiary/aromatic N) is 4. The Labute approximate surface area is 242 Å². The summed E-state index contributed by atoms with van der Waals surface area (Å²) >= 11 is 0. The zero-order valence-electron chi connectivity index (χ0n) is 21.6. The Morgan fingerprint density at radius 3 is 2.34 bits per heavy atom. The number of nitrogens with one attached hydrogen (secondary N) is 2. The van der Waals surface area contributed by atoms with Crippen molar-refractivity contribution in [2.24, 2.45) is 5.28 Å². The molecule has 2 aliphatic heterocycles. The molecule has 27 heteroatoms. The van der Waals surface area contributed by atoms with Gasteiger partial charge in [-0.3, -0.25) is 28.3 Å². The number of ether oxygens (including phenoxy) is 3. The minimum absolute atomic E-state index is 0.703. The first-order valence-corrected chi connectivity index (χ1v) is 15.0. The summed E-state index contributed by atoms with van der Waals surface area (Å²) in [5.41, 5.74) is 7.78. The normalized spacial score (nSPS) is 31.2. The fourth-order valence-electron chi connectivity index (χ4n) is 4.09. The molecule has 0 saturated carbocycles. The first kappa shape index (κ1) is 35.7.